The van der Waals surface area contributed by atoms with Crippen molar-refractivity contribution in [1.82, 2.24) is 15.1 Å². The lowest BCUT2D eigenvalue weighted by atomic mass is 10.1. The Kier molecular flexibility index (Phi) is 11.4. The van der Waals surface area contributed by atoms with Crippen LogP contribution in [-0.2, 0) is 16.1 Å². The minimum atomic E-state index is -0.573. The summed E-state index contributed by atoms with van der Waals surface area (Å²) >= 11 is 1.80. The summed E-state index contributed by atoms with van der Waals surface area (Å²) in [5.74, 6) is 0.793. The van der Waals surface area contributed by atoms with Crippen LogP contribution in [0.15, 0.2) is 23.1 Å². The molecule has 184 valence electrons. The predicted octanol–water partition coefficient (Wildman–Crippen LogP) is 4.51. The number of fused-ring (bicyclic) bond motifs is 1. The third kappa shape index (κ3) is 7.85. The van der Waals surface area contributed by atoms with Crippen molar-refractivity contribution >= 4 is 29.9 Å². The van der Waals surface area contributed by atoms with Gasteiger partial charge in [0.25, 0.3) is 5.91 Å². The number of hydrogen-bond donors (Lipinski definition) is 1. The van der Waals surface area contributed by atoms with Crippen LogP contribution in [0.4, 0.5) is 0 Å². The fourth-order valence-electron chi connectivity index (χ4n) is 4.48. The van der Waals surface area contributed by atoms with Gasteiger partial charge in [0.1, 0.15) is 6.29 Å². The fraction of sp³-hybridized carbons (Fsp3) is 0.654. The quantitative estimate of drug-likeness (QED) is 0.230. The van der Waals surface area contributed by atoms with E-state index in [9.17, 15) is 14.4 Å². The average Bonchev–Trinajstić information content (AvgIpc) is 3.12. The number of aldehydes is 1. The molecular weight excluding hydrogens is 434 g/mol. The van der Waals surface area contributed by atoms with Crippen molar-refractivity contribution in [2.75, 3.05) is 19.3 Å². The molecule has 1 unspecified atom stereocenters. The maximum absolute atomic E-state index is 12.9. The lowest BCUT2D eigenvalue weighted by Gasteiger charge is -2.30. The second-order valence-electron chi connectivity index (χ2n) is 9.32. The molecule has 1 aliphatic heterocycles. The molecule has 0 radical (unpaired) electrons. The Morgan fingerprint density at radius 3 is 2.48 bits per heavy atom. The number of hydrogen-bond acceptors (Lipinski definition) is 5. The van der Waals surface area contributed by atoms with Gasteiger partial charge in [-0.15, -0.1) is 11.8 Å². The summed E-state index contributed by atoms with van der Waals surface area (Å²) in [7, 11) is 1.57. The Morgan fingerprint density at radius 1 is 1.15 bits per heavy atom. The number of thioether (sulfide) groups is 1. The molecule has 0 bridgehead atoms. The van der Waals surface area contributed by atoms with Crippen molar-refractivity contribution in [1.29, 1.82) is 0 Å². The molecule has 2 amide bonds. The first kappa shape index (κ1) is 27.4. The van der Waals surface area contributed by atoms with Crippen LogP contribution in [0.25, 0.3) is 0 Å². The molecule has 6 nitrogen and oxygen atoms in total. The summed E-state index contributed by atoms with van der Waals surface area (Å²) in [4.78, 5) is 41.4. The summed E-state index contributed by atoms with van der Waals surface area (Å²) in [6.07, 6.45) is 6.20. The van der Waals surface area contributed by atoms with E-state index >= 15 is 0 Å². The SMILES string of the molecule is CNC(=O)CCC(C=O)N1Cc2c(SCCCCCCN(C(C)C)C(C)C)cccc2C1=O. The summed E-state index contributed by atoms with van der Waals surface area (Å²) in [6.45, 7) is 10.7. The van der Waals surface area contributed by atoms with Gasteiger partial charge in [-0.3, -0.25) is 14.5 Å². The van der Waals surface area contributed by atoms with E-state index in [2.05, 4.69) is 44.0 Å². The van der Waals surface area contributed by atoms with E-state index < -0.39 is 6.04 Å². The molecule has 1 aromatic carbocycles. The van der Waals surface area contributed by atoms with Gasteiger partial charge in [0, 0.05) is 42.6 Å². The highest BCUT2D eigenvalue weighted by Gasteiger charge is 2.34. The van der Waals surface area contributed by atoms with Gasteiger partial charge in [-0.1, -0.05) is 18.9 Å². The Labute approximate surface area is 203 Å². The van der Waals surface area contributed by atoms with Crippen LogP contribution in [0.2, 0.25) is 0 Å². The lowest BCUT2D eigenvalue weighted by Crippen LogP contribution is -2.37. The van der Waals surface area contributed by atoms with Crippen LogP contribution in [0.5, 0.6) is 0 Å². The van der Waals surface area contributed by atoms with Crippen LogP contribution in [-0.4, -0.2) is 65.4 Å². The number of nitrogens with zero attached hydrogens (tertiary/aromatic N) is 2. The molecule has 1 aliphatic rings. The van der Waals surface area contributed by atoms with Gasteiger partial charge in [-0.05, 0) is 77.0 Å². The van der Waals surface area contributed by atoms with E-state index in [0.717, 1.165) is 35.5 Å². The van der Waals surface area contributed by atoms with E-state index in [0.29, 0.717) is 30.6 Å². The highest BCUT2D eigenvalue weighted by atomic mass is 32.2. The zero-order valence-electron chi connectivity index (χ0n) is 20.9. The predicted molar refractivity (Wildman–Crippen MR) is 136 cm³/mol. The van der Waals surface area contributed by atoms with Crippen molar-refractivity contribution in [3.05, 3.63) is 29.3 Å². The monoisotopic (exact) mass is 475 g/mol. The van der Waals surface area contributed by atoms with Crippen LogP contribution < -0.4 is 5.32 Å². The van der Waals surface area contributed by atoms with E-state index in [1.165, 1.54) is 19.3 Å². The summed E-state index contributed by atoms with van der Waals surface area (Å²) in [5, 5.41) is 2.56. The minimum Gasteiger partial charge on any atom is -0.359 e. The van der Waals surface area contributed by atoms with E-state index in [-0.39, 0.29) is 18.2 Å². The van der Waals surface area contributed by atoms with Crippen LogP contribution in [0, 0.1) is 0 Å². The smallest absolute Gasteiger partial charge is 0.255 e. The normalized spacial score (nSPS) is 14.3. The second kappa shape index (κ2) is 13.8. The Balaban J connectivity index is 1.83. The molecule has 1 atom stereocenters. The topological polar surface area (TPSA) is 69.7 Å². The van der Waals surface area contributed by atoms with E-state index in [1.807, 2.05) is 12.1 Å². The molecule has 0 spiro atoms. The first-order chi connectivity index (χ1) is 15.8. The average molecular weight is 476 g/mol. The Bertz CT molecular complexity index is 789. The van der Waals surface area contributed by atoms with E-state index in [1.54, 1.807) is 23.7 Å². The molecule has 0 aliphatic carbocycles. The minimum absolute atomic E-state index is 0.110. The summed E-state index contributed by atoms with van der Waals surface area (Å²) in [5.41, 5.74) is 1.71. The number of carbonyl (C=O) groups is 3. The molecule has 0 aromatic heterocycles. The number of benzene rings is 1. The maximum atomic E-state index is 12.9. The van der Waals surface area contributed by atoms with Gasteiger partial charge in [0.2, 0.25) is 5.91 Å². The van der Waals surface area contributed by atoms with Crippen LogP contribution in [0.1, 0.15) is 82.1 Å². The number of rotatable bonds is 15. The molecule has 33 heavy (non-hydrogen) atoms. The molecule has 7 heteroatoms. The van der Waals surface area contributed by atoms with Gasteiger partial charge in [-0.2, -0.15) is 0 Å². The number of carbonyl (C=O) groups excluding carboxylic acids is 3. The molecule has 0 fully saturated rings. The third-order valence-corrected chi connectivity index (χ3v) is 7.54. The Hall–Kier alpha value is -1.86. The van der Waals surface area contributed by atoms with E-state index in [4.69, 9.17) is 0 Å². The van der Waals surface area contributed by atoms with Crippen LogP contribution in [0.3, 0.4) is 0 Å². The van der Waals surface area contributed by atoms with Gasteiger partial charge in [-0.25, -0.2) is 0 Å². The largest absolute Gasteiger partial charge is 0.359 e. The third-order valence-electron chi connectivity index (χ3n) is 6.35. The molecular formula is C26H41N3O3S. The van der Waals surface area contributed by atoms with Crippen LogP contribution >= 0.6 is 11.8 Å². The molecule has 0 saturated heterocycles. The van der Waals surface area contributed by atoms with Gasteiger partial charge in [0.05, 0.1) is 6.04 Å². The zero-order valence-corrected chi connectivity index (χ0v) is 21.7. The van der Waals surface area contributed by atoms with Gasteiger partial charge in [0.15, 0.2) is 0 Å². The van der Waals surface area contributed by atoms with Crippen molar-refractivity contribution in [3.63, 3.8) is 0 Å². The Morgan fingerprint density at radius 2 is 1.85 bits per heavy atom. The summed E-state index contributed by atoms with van der Waals surface area (Å²) < 4.78 is 0. The molecule has 1 heterocycles. The van der Waals surface area contributed by atoms with Crippen molar-refractivity contribution in [2.24, 2.45) is 0 Å². The van der Waals surface area contributed by atoms with Crippen molar-refractivity contribution < 1.29 is 14.4 Å². The number of amides is 2. The van der Waals surface area contributed by atoms with Crippen molar-refractivity contribution in [2.45, 2.75) is 95.8 Å². The van der Waals surface area contributed by atoms with Gasteiger partial charge >= 0.3 is 0 Å². The molecule has 1 N–H and O–H groups in total. The number of unbranched alkanes of at least 4 members (excludes halogenated alkanes) is 3. The molecule has 2 rings (SSSR count). The zero-order chi connectivity index (χ0) is 24.4. The highest BCUT2D eigenvalue weighted by Crippen LogP contribution is 2.34. The highest BCUT2D eigenvalue weighted by molar-refractivity contribution is 7.99. The standard InChI is InChI=1S/C26H41N3O3S/c1-19(2)28(20(3)4)15-8-6-7-9-16-33-24-12-10-11-22-23(24)17-29(26(22)32)21(18-30)13-14-25(31)27-5/h10-12,18-21H,6-9,13-17H2,1-5H3,(H,27,31). The lowest BCUT2D eigenvalue weighted by molar-refractivity contribution is -0.121. The number of nitrogens with one attached hydrogen (secondary N) is 1. The first-order valence-electron chi connectivity index (χ1n) is 12.3. The second-order valence-corrected chi connectivity index (χ2v) is 10.5. The first-order valence-corrected chi connectivity index (χ1v) is 13.3. The van der Waals surface area contributed by atoms with Crippen molar-refractivity contribution in [3.8, 4) is 0 Å². The summed E-state index contributed by atoms with van der Waals surface area (Å²) in [6, 6.07) is 6.45. The maximum Gasteiger partial charge on any atom is 0.255 e. The van der Waals surface area contributed by atoms with Gasteiger partial charge < -0.3 is 15.0 Å². The fourth-order valence-corrected chi connectivity index (χ4v) is 5.57. The molecule has 0 saturated carbocycles. The molecule has 1 aromatic rings.